The van der Waals surface area contributed by atoms with Crippen LogP contribution in [0, 0.1) is 11.8 Å². The molecule has 0 amide bonds. The SMILES string of the molecule is CCCCCCCCCCCC(CCCCC)OC(=O)C1CCC(C(=O)O)CC1. The van der Waals surface area contributed by atoms with Gasteiger partial charge >= 0.3 is 11.9 Å². The molecule has 0 bridgehead atoms. The van der Waals surface area contributed by atoms with E-state index in [4.69, 9.17) is 9.84 Å². The van der Waals surface area contributed by atoms with Crippen molar-refractivity contribution in [1.82, 2.24) is 0 Å². The van der Waals surface area contributed by atoms with E-state index in [9.17, 15) is 9.59 Å². The number of carbonyl (C=O) groups excluding carboxylic acids is 1. The van der Waals surface area contributed by atoms with E-state index in [0.29, 0.717) is 25.7 Å². The Balaban J connectivity index is 2.26. The van der Waals surface area contributed by atoms with Crippen LogP contribution in [0.15, 0.2) is 0 Å². The van der Waals surface area contributed by atoms with Crippen LogP contribution >= 0.6 is 0 Å². The third-order valence-electron chi connectivity index (χ3n) is 6.45. The first-order chi connectivity index (χ1) is 14.1. The van der Waals surface area contributed by atoms with E-state index >= 15 is 0 Å². The van der Waals surface area contributed by atoms with Crippen molar-refractivity contribution in [1.29, 1.82) is 0 Å². The van der Waals surface area contributed by atoms with E-state index in [1.807, 2.05) is 0 Å². The van der Waals surface area contributed by atoms with Gasteiger partial charge < -0.3 is 9.84 Å². The molecule has 4 nitrogen and oxygen atoms in total. The molecule has 1 rings (SSSR count). The minimum Gasteiger partial charge on any atom is -0.481 e. The summed E-state index contributed by atoms with van der Waals surface area (Å²) >= 11 is 0. The lowest BCUT2D eigenvalue weighted by Crippen LogP contribution is -2.29. The number of carbonyl (C=O) groups is 2. The van der Waals surface area contributed by atoms with Crippen molar-refractivity contribution in [2.75, 3.05) is 0 Å². The summed E-state index contributed by atoms with van der Waals surface area (Å²) in [5.74, 6) is -1.17. The van der Waals surface area contributed by atoms with Crippen LogP contribution in [0.2, 0.25) is 0 Å². The van der Waals surface area contributed by atoms with Crippen LogP contribution in [0.25, 0.3) is 0 Å². The molecule has 1 unspecified atom stereocenters. The van der Waals surface area contributed by atoms with Gasteiger partial charge in [0.1, 0.15) is 6.10 Å². The van der Waals surface area contributed by atoms with Crippen LogP contribution in [0.1, 0.15) is 129 Å². The maximum Gasteiger partial charge on any atom is 0.309 e. The molecule has 4 heteroatoms. The first-order valence-electron chi connectivity index (χ1n) is 12.5. The van der Waals surface area contributed by atoms with Crippen LogP contribution in [0.5, 0.6) is 0 Å². The van der Waals surface area contributed by atoms with Crippen LogP contribution in [-0.2, 0) is 14.3 Å². The topological polar surface area (TPSA) is 63.6 Å². The number of rotatable bonds is 17. The van der Waals surface area contributed by atoms with Crippen LogP contribution in [-0.4, -0.2) is 23.1 Å². The van der Waals surface area contributed by atoms with Gasteiger partial charge in [-0.15, -0.1) is 0 Å². The Morgan fingerprint density at radius 1 is 0.724 bits per heavy atom. The van der Waals surface area contributed by atoms with Crippen molar-refractivity contribution in [2.24, 2.45) is 11.8 Å². The molecular formula is C25H46O4. The predicted octanol–water partition coefficient (Wildman–Crippen LogP) is 7.29. The quantitative estimate of drug-likeness (QED) is 0.202. The van der Waals surface area contributed by atoms with Gasteiger partial charge in [0.05, 0.1) is 11.8 Å². The van der Waals surface area contributed by atoms with Crippen molar-refractivity contribution in [2.45, 2.75) is 136 Å². The van der Waals surface area contributed by atoms with E-state index in [1.165, 1.54) is 64.2 Å². The molecule has 0 aromatic heterocycles. The highest BCUT2D eigenvalue weighted by atomic mass is 16.5. The third-order valence-corrected chi connectivity index (χ3v) is 6.45. The molecule has 170 valence electrons. The van der Waals surface area contributed by atoms with Gasteiger partial charge in [-0.05, 0) is 51.4 Å². The zero-order valence-electron chi connectivity index (χ0n) is 19.1. The Labute approximate surface area is 179 Å². The highest BCUT2D eigenvalue weighted by molar-refractivity contribution is 5.74. The van der Waals surface area contributed by atoms with E-state index < -0.39 is 5.97 Å². The number of aliphatic carboxylic acids is 1. The van der Waals surface area contributed by atoms with Crippen LogP contribution in [0.4, 0.5) is 0 Å². The minimum atomic E-state index is -0.723. The maximum atomic E-state index is 12.6. The summed E-state index contributed by atoms with van der Waals surface area (Å²) in [6, 6.07) is 0. The fourth-order valence-electron chi connectivity index (χ4n) is 4.40. The van der Waals surface area contributed by atoms with Crippen molar-refractivity contribution in [3.63, 3.8) is 0 Å². The number of hydrogen-bond acceptors (Lipinski definition) is 3. The Kier molecular flexibility index (Phi) is 15.0. The summed E-state index contributed by atoms with van der Waals surface area (Å²) in [4.78, 5) is 23.7. The fourth-order valence-corrected chi connectivity index (χ4v) is 4.40. The van der Waals surface area contributed by atoms with Gasteiger partial charge in [0.15, 0.2) is 0 Å². The second-order valence-electron chi connectivity index (χ2n) is 9.06. The number of ether oxygens (including phenoxy) is 1. The van der Waals surface area contributed by atoms with Gasteiger partial charge in [-0.25, -0.2) is 0 Å². The molecule has 1 atom stereocenters. The monoisotopic (exact) mass is 410 g/mol. The molecule has 29 heavy (non-hydrogen) atoms. The molecule has 1 N–H and O–H groups in total. The molecule has 1 aliphatic carbocycles. The summed E-state index contributed by atoms with van der Waals surface area (Å²) in [5.41, 5.74) is 0. The molecule has 0 aromatic rings. The lowest BCUT2D eigenvalue weighted by Gasteiger charge is -2.27. The van der Waals surface area contributed by atoms with Gasteiger partial charge in [0.25, 0.3) is 0 Å². The van der Waals surface area contributed by atoms with Gasteiger partial charge in [0.2, 0.25) is 0 Å². The third kappa shape index (κ3) is 12.3. The van der Waals surface area contributed by atoms with Crippen molar-refractivity contribution in [3.8, 4) is 0 Å². The van der Waals surface area contributed by atoms with E-state index in [1.54, 1.807) is 0 Å². The molecule has 0 spiro atoms. The second kappa shape index (κ2) is 16.7. The zero-order chi connectivity index (χ0) is 21.3. The molecular weight excluding hydrogens is 364 g/mol. The maximum absolute atomic E-state index is 12.6. The summed E-state index contributed by atoms with van der Waals surface area (Å²) in [6.45, 7) is 4.45. The van der Waals surface area contributed by atoms with Gasteiger partial charge in [0, 0.05) is 0 Å². The number of unbranched alkanes of at least 4 members (excludes halogenated alkanes) is 10. The second-order valence-corrected chi connectivity index (χ2v) is 9.06. The Bertz CT molecular complexity index is 427. The summed E-state index contributed by atoms with van der Waals surface area (Å²) in [5, 5.41) is 9.13. The molecule has 0 radical (unpaired) electrons. The largest absolute Gasteiger partial charge is 0.481 e. The minimum absolute atomic E-state index is 0.0517. The average molecular weight is 411 g/mol. The first-order valence-corrected chi connectivity index (χ1v) is 12.5. The Morgan fingerprint density at radius 3 is 1.66 bits per heavy atom. The fraction of sp³-hybridized carbons (Fsp3) is 0.920. The molecule has 0 heterocycles. The standard InChI is InChI=1S/C25H46O4/c1-3-5-7-8-9-10-11-12-14-16-23(15-13-6-4-2)29-25(28)22-19-17-21(18-20-22)24(26)27/h21-23H,3-20H2,1-2H3,(H,26,27). The Morgan fingerprint density at radius 2 is 1.14 bits per heavy atom. The van der Waals surface area contributed by atoms with Crippen LogP contribution in [0.3, 0.4) is 0 Å². The lowest BCUT2D eigenvalue weighted by molar-refractivity contribution is -0.158. The van der Waals surface area contributed by atoms with E-state index in [-0.39, 0.29) is 23.9 Å². The van der Waals surface area contributed by atoms with E-state index in [2.05, 4.69) is 13.8 Å². The summed E-state index contributed by atoms with van der Waals surface area (Å²) in [6.07, 6.45) is 19.8. The number of hydrogen-bond donors (Lipinski definition) is 1. The number of carboxylic acids is 1. The molecule has 1 saturated carbocycles. The zero-order valence-corrected chi connectivity index (χ0v) is 19.1. The number of esters is 1. The van der Waals surface area contributed by atoms with Crippen LogP contribution < -0.4 is 0 Å². The molecule has 1 aliphatic rings. The highest BCUT2D eigenvalue weighted by Crippen LogP contribution is 2.30. The smallest absolute Gasteiger partial charge is 0.309 e. The first kappa shape index (κ1) is 26.0. The molecule has 1 fully saturated rings. The number of carboxylic acid groups (broad SMARTS) is 1. The molecule has 0 aromatic carbocycles. The van der Waals surface area contributed by atoms with Gasteiger partial charge in [-0.1, -0.05) is 78.1 Å². The lowest BCUT2D eigenvalue weighted by atomic mass is 9.82. The van der Waals surface area contributed by atoms with Crippen molar-refractivity contribution >= 4 is 11.9 Å². The molecule has 0 aliphatic heterocycles. The van der Waals surface area contributed by atoms with Gasteiger partial charge in [-0.3, -0.25) is 9.59 Å². The van der Waals surface area contributed by atoms with E-state index in [0.717, 1.165) is 25.7 Å². The molecule has 0 saturated heterocycles. The average Bonchev–Trinajstić information content (AvgIpc) is 2.72. The highest BCUT2D eigenvalue weighted by Gasteiger charge is 2.31. The predicted molar refractivity (Wildman–Crippen MR) is 119 cm³/mol. The van der Waals surface area contributed by atoms with Crippen molar-refractivity contribution < 1.29 is 19.4 Å². The normalized spacial score (nSPS) is 20.3. The summed E-state index contributed by atoms with van der Waals surface area (Å²) in [7, 11) is 0. The van der Waals surface area contributed by atoms with Gasteiger partial charge in [-0.2, -0.15) is 0 Å². The Hall–Kier alpha value is -1.06. The summed E-state index contributed by atoms with van der Waals surface area (Å²) < 4.78 is 5.92. The van der Waals surface area contributed by atoms with Crippen molar-refractivity contribution in [3.05, 3.63) is 0 Å².